The quantitative estimate of drug-likeness (QED) is 0.540. The van der Waals surface area contributed by atoms with Crippen molar-refractivity contribution in [1.29, 1.82) is 0 Å². The third-order valence-corrected chi connectivity index (χ3v) is 9.57. The van der Waals surface area contributed by atoms with Gasteiger partial charge in [-0.1, -0.05) is 26.8 Å². The van der Waals surface area contributed by atoms with Crippen LogP contribution in [0.25, 0.3) is 0 Å². The molecule has 0 bridgehead atoms. The Labute approximate surface area is 221 Å². The van der Waals surface area contributed by atoms with E-state index in [9.17, 15) is 14.7 Å². The number of nitrogens with zero attached hydrogens (tertiary/aromatic N) is 2. The number of amides is 2. The molecule has 1 fully saturated rings. The Hall–Kier alpha value is -2.91. The third-order valence-electron chi connectivity index (χ3n) is 8.59. The first-order valence-corrected chi connectivity index (χ1v) is 13.7. The van der Waals surface area contributed by atoms with Gasteiger partial charge in [0.05, 0.1) is 11.8 Å². The van der Waals surface area contributed by atoms with E-state index in [-0.39, 0.29) is 47.7 Å². The molecule has 198 valence electrons. The van der Waals surface area contributed by atoms with Crippen molar-refractivity contribution in [2.75, 3.05) is 25.7 Å². The fraction of sp³-hybridized carbons (Fsp3) is 0.536. The molecule has 5 rings (SSSR count). The van der Waals surface area contributed by atoms with E-state index in [4.69, 9.17) is 14.5 Å². The van der Waals surface area contributed by atoms with E-state index in [2.05, 4.69) is 25.7 Å². The predicted molar refractivity (Wildman–Crippen MR) is 142 cm³/mol. The van der Waals surface area contributed by atoms with Gasteiger partial charge in [0.2, 0.25) is 12.7 Å². The van der Waals surface area contributed by atoms with Crippen LogP contribution < -0.4 is 14.8 Å². The SMILES string of the molecule is C=CCN(C)C(=O)C(C)C1CCC2(C)Cc3sc(NC(=O)c4ccc5c(c4)OCO5)nc3C(C)C2C1O. The largest absolute Gasteiger partial charge is 0.454 e. The number of likely N-dealkylation sites (N-methyl/N-ethyl adjacent to an activating group) is 1. The molecule has 0 radical (unpaired) electrons. The van der Waals surface area contributed by atoms with Crippen molar-refractivity contribution in [3.05, 3.63) is 47.0 Å². The van der Waals surface area contributed by atoms with E-state index in [0.717, 1.165) is 29.8 Å². The standard InChI is InChI=1S/C28H35N3O5S/c1-6-11-31(5)26(34)15(2)18-9-10-28(4)13-21-23(16(3)22(28)24(18)32)29-27(37-21)30-25(33)17-7-8-19-20(12-17)36-14-35-19/h6-8,12,15-16,18,22,24,32H,1,9-11,13-14H2,2-5H3,(H,29,30,33). The van der Waals surface area contributed by atoms with E-state index in [1.165, 1.54) is 11.3 Å². The summed E-state index contributed by atoms with van der Waals surface area (Å²) in [6, 6.07) is 5.12. The van der Waals surface area contributed by atoms with Crippen molar-refractivity contribution in [2.24, 2.45) is 23.2 Å². The molecule has 6 atom stereocenters. The number of aromatic nitrogens is 1. The number of hydrogen-bond donors (Lipinski definition) is 2. The molecule has 1 saturated carbocycles. The number of benzene rings is 1. The number of anilines is 1. The molecule has 1 aromatic carbocycles. The Morgan fingerprint density at radius 1 is 1.38 bits per heavy atom. The molecule has 9 heteroatoms. The van der Waals surface area contributed by atoms with Crippen LogP contribution in [0.1, 0.15) is 60.5 Å². The first kappa shape index (κ1) is 25.7. The van der Waals surface area contributed by atoms with Gasteiger partial charge >= 0.3 is 0 Å². The number of fused-ring (bicyclic) bond motifs is 3. The number of carbonyl (C=O) groups is 2. The Kier molecular flexibility index (Phi) is 6.79. The molecule has 2 amide bonds. The monoisotopic (exact) mass is 525 g/mol. The second kappa shape index (κ2) is 9.76. The topological polar surface area (TPSA) is 101 Å². The molecule has 3 aliphatic rings. The maximum absolute atomic E-state index is 13.0. The molecule has 2 aliphatic carbocycles. The molecule has 6 unspecified atom stereocenters. The van der Waals surface area contributed by atoms with E-state index in [1.54, 1.807) is 36.2 Å². The van der Waals surface area contributed by atoms with Crippen molar-refractivity contribution >= 4 is 28.3 Å². The Bertz CT molecular complexity index is 1230. The van der Waals surface area contributed by atoms with Gasteiger partial charge in [0, 0.05) is 35.9 Å². The number of ether oxygens (including phenoxy) is 2. The highest BCUT2D eigenvalue weighted by Crippen LogP contribution is 2.57. The van der Waals surface area contributed by atoms with Gasteiger partial charge in [-0.15, -0.1) is 17.9 Å². The molecule has 1 aliphatic heterocycles. The molecule has 2 N–H and O–H groups in total. The lowest BCUT2D eigenvalue weighted by Crippen LogP contribution is -2.53. The van der Waals surface area contributed by atoms with Crippen molar-refractivity contribution in [3.8, 4) is 11.5 Å². The zero-order valence-corrected chi connectivity index (χ0v) is 22.6. The lowest BCUT2D eigenvalue weighted by atomic mass is 9.53. The molecule has 2 heterocycles. The summed E-state index contributed by atoms with van der Waals surface area (Å²) in [6.45, 7) is 10.7. The van der Waals surface area contributed by atoms with Gasteiger partial charge in [0.25, 0.3) is 5.91 Å². The van der Waals surface area contributed by atoms with Gasteiger partial charge in [-0.3, -0.25) is 14.9 Å². The highest BCUT2D eigenvalue weighted by atomic mass is 32.1. The van der Waals surface area contributed by atoms with Crippen LogP contribution in [0.2, 0.25) is 0 Å². The van der Waals surface area contributed by atoms with Gasteiger partial charge in [-0.05, 0) is 54.7 Å². The normalized spacial score (nSPS) is 28.6. The van der Waals surface area contributed by atoms with Crippen molar-refractivity contribution in [3.63, 3.8) is 0 Å². The number of aliphatic hydroxyl groups is 1. The smallest absolute Gasteiger partial charge is 0.257 e. The minimum absolute atomic E-state index is 0.00667. The van der Waals surface area contributed by atoms with Crippen LogP contribution in [0, 0.1) is 23.2 Å². The van der Waals surface area contributed by atoms with Crippen molar-refractivity contribution in [1.82, 2.24) is 9.88 Å². The van der Waals surface area contributed by atoms with Gasteiger partial charge in [-0.25, -0.2) is 4.98 Å². The number of thiazole rings is 1. The van der Waals surface area contributed by atoms with Crippen molar-refractivity contribution < 1.29 is 24.2 Å². The van der Waals surface area contributed by atoms with Crippen LogP contribution in [0.4, 0.5) is 5.13 Å². The van der Waals surface area contributed by atoms with Gasteiger partial charge in [-0.2, -0.15) is 0 Å². The number of nitrogens with one attached hydrogen (secondary N) is 1. The highest BCUT2D eigenvalue weighted by molar-refractivity contribution is 7.15. The average Bonchev–Trinajstić information content (AvgIpc) is 3.49. The highest BCUT2D eigenvalue weighted by Gasteiger charge is 2.54. The third kappa shape index (κ3) is 4.52. The van der Waals surface area contributed by atoms with Crippen molar-refractivity contribution in [2.45, 2.75) is 52.1 Å². The summed E-state index contributed by atoms with van der Waals surface area (Å²) in [5.74, 6) is 0.589. The zero-order chi connectivity index (χ0) is 26.5. The molecular formula is C28H35N3O5S. The summed E-state index contributed by atoms with van der Waals surface area (Å²) in [6.07, 6.45) is 3.65. The molecule has 37 heavy (non-hydrogen) atoms. The molecule has 2 aromatic rings. The first-order chi connectivity index (χ1) is 17.6. The molecule has 1 aromatic heterocycles. The van der Waals surface area contributed by atoms with E-state index in [1.807, 2.05) is 6.92 Å². The summed E-state index contributed by atoms with van der Waals surface area (Å²) in [4.78, 5) is 33.6. The number of carbonyl (C=O) groups excluding carboxylic acids is 2. The fourth-order valence-corrected chi connectivity index (χ4v) is 7.88. The van der Waals surface area contributed by atoms with Crippen LogP contribution in [0.5, 0.6) is 11.5 Å². The Morgan fingerprint density at radius 2 is 2.14 bits per heavy atom. The lowest BCUT2D eigenvalue weighted by molar-refractivity contribution is -0.143. The molecule has 8 nitrogen and oxygen atoms in total. The minimum Gasteiger partial charge on any atom is -0.454 e. The van der Waals surface area contributed by atoms with E-state index >= 15 is 0 Å². The fourth-order valence-electron chi connectivity index (χ4n) is 6.62. The number of hydrogen-bond acceptors (Lipinski definition) is 7. The maximum Gasteiger partial charge on any atom is 0.257 e. The maximum atomic E-state index is 13.0. The molecule has 0 spiro atoms. The zero-order valence-electron chi connectivity index (χ0n) is 21.8. The van der Waals surface area contributed by atoms with Crippen LogP contribution >= 0.6 is 11.3 Å². The summed E-state index contributed by atoms with van der Waals surface area (Å²) in [7, 11) is 1.78. The average molecular weight is 526 g/mol. The summed E-state index contributed by atoms with van der Waals surface area (Å²) in [5, 5.41) is 15.1. The minimum atomic E-state index is -0.605. The number of rotatable bonds is 6. The van der Waals surface area contributed by atoms with Gasteiger partial charge < -0.3 is 19.5 Å². The second-order valence-corrected chi connectivity index (χ2v) is 12.1. The van der Waals surface area contributed by atoms with Crippen LogP contribution in [-0.2, 0) is 11.2 Å². The Morgan fingerprint density at radius 3 is 2.89 bits per heavy atom. The second-order valence-electron chi connectivity index (χ2n) is 11.0. The predicted octanol–water partition coefficient (Wildman–Crippen LogP) is 4.46. The summed E-state index contributed by atoms with van der Waals surface area (Å²) < 4.78 is 10.7. The number of aliphatic hydroxyl groups excluding tert-OH is 1. The van der Waals surface area contributed by atoms with Crippen LogP contribution in [-0.4, -0.2) is 53.3 Å². The van der Waals surface area contributed by atoms with Gasteiger partial charge in [0.1, 0.15) is 0 Å². The van der Waals surface area contributed by atoms with Crippen LogP contribution in [0.3, 0.4) is 0 Å². The lowest BCUT2D eigenvalue weighted by Gasteiger charge is -2.53. The molecule has 0 saturated heterocycles. The van der Waals surface area contributed by atoms with E-state index < -0.39 is 6.10 Å². The summed E-state index contributed by atoms with van der Waals surface area (Å²) in [5.41, 5.74) is 1.32. The first-order valence-electron chi connectivity index (χ1n) is 12.9. The summed E-state index contributed by atoms with van der Waals surface area (Å²) >= 11 is 1.51. The Balaban J connectivity index is 1.34. The van der Waals surface area contributed by atoms with Crippen LogP contribution in [0.15, 0.2) is 30.9 Å². The van der Waals surface area contributed by atoms with Gasteiger partial charge in [0.15, 0.2) is 16.6 Å². The molecular weight excluding hydrogens is 490 g/mol. The van der Waals surface area contributed by atoms with E-state index in [0.29, 0.717) is 28.7 Å².